The number of nitrogens with one attached hydrogen (secondary N) is 1. The summed E-state index contributed by atoms with van der Waals surface area (Å²) in [4.78, 5) is 10.2. The van der Waals surface area contributed by atoms with Crippen molar-refractivity contribution in [1.82, 2.24) is 4.72 Å². The van der Waals surface area contributed by atoms with Crippen LogP contribution in [0.3, 0.4) is 0 Å². The molecular formula is C11H14ClNO6S. The summed E-state index contributed by atoms with van der Waals surface area (Å²) in [5.74, 6) is -0.783. The summed E-state index contributed by atoms with van der Waals surface area (Å²) in [7, 11) is -1.23. The zero-order valence-corrected chi connectivity index (χ0v) is 12.4. The number of halogens is 1. The molecule has 0 bridgehead atoms. The van der Waals surface area contributed by atoms with E-state index in [0.717, 1.165) is 0 Å². The zero-order valence-electron chi connectivity index (χ0n) is 10.8. The second-order valence-electron chi connectivity index (χ2n) is 3.68. The summed E-state index contributed by atoms with van der Waals surface area (Å²) in [5.41, 5.74) is 0. The maximum atomic E-state index is 12.1. The lowest BCUT2D eigenvalue weighted by molar-refractivity contribution is -0.136. The van der Waals surface area contributed by atoms with Crippen LogP contribution in [0.4, 0.5) is 0 Å². The van der Waals surface area contributed by atoms with Gasteiger partial charge in [0.25, 0.3) is 0 Å². The van der Waals surface area contributed by atoms with Crippen LogP contribution < -0.4 is 14.2 Å². The standard InChI is InChI=1S/C11H14ClNO6S/c1-18-8-6-9(19-2)10(5-7(8)12)20(16,17)13-4-3-11(14)15/h5-6,13H,3-4H2,1-2H3,(H,14,15). The highest BCUT2D eigenvalue weighted by atomic mass is 35.5. The predicted octanol–water partition coefficient (Wildman–Crippen LogP) is 1.11. The number of carboxylic acid groups (broad SMARTS) is 1. The molecule has 1 aromatic carbocycles. The van der Waals surface area contributed by atoms with Crippen LogP contribution in [0.25, 0.3) is 0 Å². The first-order valence-corrected chi connectivity index (χ1v) is 7.31. The highest BCUT2D eigenvalue weighted by Gasteiger charge is 2.22. The third-order valence-corrected chi connectivity index (χ3v) is 4.14. The van der Waals surface area contributed by atoms with Crippen LogP contribution in [0.1, 0.15) is 6.42 Å². The number of ether oxygens (including phenoxy) is 2. The Balaban J connectivity index is 3.10. The molecular weight excluding hydrogens is 310 g/mol. The molecule has 0 aliphatic carbocycles. The molecule has 1 rings (SSSR count). The van der Waals surface area contributed by atoms with Gasteiger partial charge in [-0.05, 0) is 6.07 Å². The molecule has 1 aromatic rings. The van der Waals surface area contributed by atoms with Gasteiger partial charge in [-0.3, -0.25) is 4.79 Å². The monoisotopic (exact) mass is 323 g/mol. The number of methoxy groups -OCH3 is 2. The normalized spacial score (nSPS) is 11.2. The minimum absolute atomic E-state index is 0.0501. The van der Waals surface area contributed by atoms with Crippen molar-refractivity contribution in [1.29, 1.82) is 0 Å². The first-order chi connectivity index (χ1) is 9.31. The Kier molecular flexibility index (Phi) is 5.61. The molecule has 9 heteroatoms. The summed E-state index contributed by atoms with van der Waals surface area (Å²) in [5, 5.41) is 8.60. The van der Waals surface area contributed by atoms with Crippen molar-refractivity contribution in [3.63, 3.8) is 0 Å². The van der Waals surface area contributed by atoms with Gasteiger partial charge in [0.1, 0.15) is 16.4 Å². The average molecular weight is 324 g/mol. The van der Waals surface area contributed by atoms with Crippen molar-refractivity contribution >= 4 is 27.6 Å². The minimum atomic E-state index is -3.92. The average Bonchev–Trinajstić information content (AvgIpc) is 2.37. The fourth-order valence-electron chi connectivity index (χ4n) is 1.41. The molecule has 2 N–H and O–H groups in total. The Hall–Kier alpha value is -1.51. The van der Waals surface area contributed by atoms with Crippen molar-refractivity contribution < 1.29 is 27.8 Å². The van der Waals surface area contributed by atoms with Crippen LogP contribution in [-0.4, -0.2) is 40.3 Å². The van der Waals surface area contributed by atoms with Crippen molar-refractivity contribution in [2.75, 3.05) is 20.8 Å². The molecule has 0 aliphatic rings. The minimum Gasteiger partial charge on any atom is -0.495 e. The van der Waals surface area contributed by atoms with Gasteiger partial charge in [-0.1, -0.05) is 11.6 Å². The van der Waals surface area contributed by atoms with Gasteiger partial charge in [-0.25, -0.2) is 13.1 Å². The Morgan fingerprint density at radius 3 is 2.40 bits per heavy atom. The summed E-state index contributed by atoms with van der Waals surface area (Å²) in [6.07, 6.45) is -0.328. The summed E-state index contributed by atoms with van der Waals surface area (Å²) < 4.78 is 36.2. The van der Waals surface area contributed by atoms with Crippen LogP contribution in [0.15, 0.2) is 17.0 Å². The Morgan fingerprint density at radius 2 is 1.90 bits per heavy atom. The molecule has 0 radical (unpaired) electrons. The molecule has 0 spiro atoms. The van der Waals surface area contributed by atoms with Gasteiger partial charge < -0.3 is 14.6 Å². The number of hydrogen-bond donors (Lipinski definition) is 2. The molecule has 0 heterocycles. The molecule has 112 valence electrons. The van der Waals surface area contributed by atoms with Crippen molar-refractivity contribution in [2.24, 2.45) is 0 Å². The van der Waals surface area contributed by atoms with E-state index >= 15 is 0 Å². The fraction of sp³-hybridized carbons (Fsp3) is 0.364. The largest absolute Gasteiger partial charge is 0.495 e. The Bertz CT molecular complexity index is 601. The second-order valence-corrected chi connectivity index (χ2v) is 5.82. The van der Waals surface area contributed by atoms with E-state index in [1.807, 2.05) is 0 Å². The number of carboxylic acids is 1. The molecule has 0 saturated heterocycles. The van der Waals surface area contributed by atoms with E-state index in [9.17, 15) is 13.2 Å². The van der Waals surface area contributed by atoms with Gasteiger partial charge in [0, 0.05) is 12.6 Å². The number of sulfonamides is 1. The van der Waals surface area contributed by atoms with Gasteiger partial charge in [0.05, 0.1) is 25.7 Å². The van der Waals surface area contributed by atoms with Gasteiger partial charge >= 0.3 is 5.97 Å². The first kappa shape index (κ1) is 16.5. The van der Waals surface area contributed by atoms with Crippen molar-refractivity contribution in [2.45, 2.75) is 11.3 Å². The Morgan fingerprint density at radius 1 is 1.30 bits per heavy atom. The number of rotatable bonds is 7. The lowest BCUT2D eigenvalue weighted by Gasteiger charge is -2.12. The summed E-state index contributed by atoms with van der Waals surface area (Å²) in [6.45, 7) is -0.232. The molecule has 0 saturated carbocycles. The van der Waals surface area contributed by atoms with Gasteiger partial charge in [0.15, 0.2) is 0 Å². The van der Waals surface area contributed by atoms with Crippen molar-refractivity contribution in [3.05, 3.63) is 17.2 Å². The van der Waals surface area contributed by atoms with Crippen LogP contribution in [-0.2, 0) is 14.8 Å². The predicted molar refractivity (Wildman–Crippen MR) is 72.0 cm³/mol. The van der Waals surface area contributed by atoms with E-state index in [2.05, 4.69) is 4.72 Å². The lowest BCUT2D eigenvalue weighted by atomic mass is 10.3. The van der Waals surface area contributed by atoms with Crippen LogP contribution >= 0.6 is 11.6 Å². The summed E-state index contributed by atoms with van der Waals surface area (Å²) in [6, 6.07) is 2.52. The van der Waals surface area contributed by atoms with E-state index in [0.29, 0.717) is 0 Å². The molecule has 0 amide bonds. The molecule has 0 atom stereocenters. The zero-order chi connectivity index (χ0) is 15.3. The van der Waals surface area contributed by atoms with Crippen LogP contribution in [0.2, 0.25) is 5.02 Å². The maximum absolute atomic E-state index is 12.1. The fourth-order valence-corrected chi connectivity index (χ4v) is 2.92. The highest BCUT2D eigenvalue weighted by molar-refractivity contribution is 7.89. The summed E-state index contributed by atoms with van der Waals surface area (Å²) >= 11 is 5.88. The molecule has 7 nitrogen and oxygen atoms in total. The molecule has 0 aromatic heterocycles. The van der Waals surface area contributed by atoms with Crippen LogP contribution in [0, 0.1) is 0 Å². The topological polar surface area (TPSA) is 102 Å². The quantitative estimate of drug-likeness (QED) is 0.779. The SMILES string of the molecule is COc1cc(OC)c(S(=O)(=O)NCCC(=O)O)cc1Cl. The lowest BCUT2D eigenvalue weighted by Crippen LogP contribution is -2.26. The number of hydrogen-bond acceptors (Lipinski definition) is 5. The number of aliphatic carboxylic acids is 1. The van der Waals surface area contributed by atoms with Crippen LogP contribution in [0.5, 0.6) is 11.5 Å². The van der Waals surface area contributed by atoms with E-state index in [-0.39, 0.29) is 34.4 Å². The third kappa shape index (κ3) is 3.99. The van der Waals surface area contributed by atoms with Gasteiger partial charge in [0.2, 0.25) is 10.0 Å². The molecule has 0 unspecified atom stereocenters. The number of benzene rings is 1. The highest BCUT2D eigenvalue weighted by Crippen LogP contribution is 2.34. The van der Waals surface area contributed by atoms with E-state index in [4.69, 9.17) is 26.2 Å². The third-order valence-electron chi connectivity index (χ3n) is 2.36. The maximum Gasteiger partial charge on any atom is 0.304 e. The van der Waals surface area contributed by atoms with E-state index in [1.54, 1.807) is 0 Å². The van der Waals surface area contributed by atoms with Gasteiger partial charge in [-0.2, -0.15) is 0 Å². The van der Waals surface area contributed by atoms with Crippen molar-refractivity contribution in [3.8, 4) is 11.5 Å². The molecule has 20 heavy (non-hydrogen) atoms. The number of carbonyl (C=O) groups is 1. The Labute approximate surface area is 121 Å². The smallest absolute Gasteiger partial charge is 0.304 e. The van der Waals surface area contributed by atoms with E-state index < -0.39 is 16.0 Å². The molecule has 0 aliphatic heterocycles. The second kappa shape index (κ2) is 6.78. The van der Waals surface area contributed by atoms with Gasteiger partial charge in [-0.15, -0.1) is 0 Å². The first-order valence-electron chi connectivity index (χ1n) is 5.44. The van der Waals surface area contributed by atoms with E-state index in [1.165, 1.54) is 26.4 Å². The molecule has 0 fully saturated rings.